The Bertz CT molecular complexity index is 645. The first-order chi connectivity index (χ1) is 9.51. The molecule has 0 spiro atoms. The highest BCUT2D eigenvalue weighted by molar-refractivity contribution is 7.09. The van der Waals surface area contributed by atoms with E-state index in [1.165, 1.54) is 16.7 Å². The minimum atomic E-state index is -1.32. The summed E-state index contributed by atoms with van der Waals surface area (Å²) in [6.07, 6.45) is 0.525. The number of anilines is 1. The average molecular weight is 301 g/mol. The molecule has 1 aromatic heterocycles. The van der Waals surface area contributed by atoms with Gasteiger partial charge >= 0.3 is 0 Å². The van der Waals surface area contributed by atoms with E-state index in [-0.39, 0.29) is 5.69 Å². The molecule has 2 rings (SSSR count). The second-order valence-electron chi connectivity index (χ2n) is 3.87. The smallest absolute Gasteiger partial charge is 0.275 e. The molecular formula is C12H10F3N3OS. The van der Waals surface area contributed by atoms with Gasteiger partial charge in [-0.05, 0) is 6.54 Å². The lowest BCUT2D eigenvalue weighted by Crippen LogP contribution is -2.14. The number of carbonyl (C=O) groups excluding carboxylic acids is 1. The number of nitrogens with two attached hydrogens (primary N) is 1. The maximum absolute atomic E-state index is 13.4. The average Bonchev–Trinajstić information content (AvgIpc) is 2.85. The first-order valence-electron chi connectivity index (χ1n) is 5.61. The molecule has 0 radical (unpaired) electrons. The molecule has 0 saturated heterocycles. The predicted octanol–water partition coefficient (Wildman–Crippen LogP) is 2.31. The number of benzene rings is 1. The van der Waals surface area contributed by atoms with Crippen molar-refractivity contribution in [2.45, 2.75) is 6.42 Å². The van der Waals surface area contributed by atoms with Gasteiger partial charge in [0.15, 0.2) is 11.6 Å². The largest absolute Gasteiger partial charge is 0.330 e. The highest BCUT2D eigenvalue weighted by atomic mass is 32.1. The molecule has 0 saturated carbocycles. The maximum Gasteiger partial charge on any atom is 0.275 e. The van der Waals surface area contributed by atoms with Gasteiger partial charge in [-0.2, -0.15) is 0 Å². The van der Waals surface area contributed by atoms with E-state index >= 15 is 0 Å². The van der Waals surface area contributed by atoms with Crippen LogP contribution in [-0.4, -0.2) is 17.4 Å². The van der Waals surface area contributed by atoms with Crippen LogP contribution >= 0.6 is 11.3 Å². The van der Waals surface area contributed by atoms with Crippen LogP contribution in [0.4, 0.5) is 18.9 Å². The highest BCUT2D eigenvalue weighted by Gasteiger charge is 2.15. The first-order valence-corrected chi connectivity index (χ1v) is 6.49. The molecule has 1 aromatic carbocycles. The molecular weight excluding hydrogens is 291 g/mol. The van der Waals surface area contributed by atoms with Crippen LogP contribution in [0.25, 0.3) is 0 Å². The highest BCUT2D eigenvalue weighted by Crippen LogP contribution is 2.19. The topological polar surface area (TPSA) is 68.0 Å². The lowest BCUT2D eigenvalue weighted by molar-refractivity contribution is 0.102. The molecule has 1 heterocycles. The van der Waals surface area contributed by atoms with Crippen LogP contribution in [0.15, 0.2) is 17.5 Å². The fourth-order valence-electron chi connectivity index (χ4n) is 1.46. The minimum Gasteiger partial charge on any atom is -0.330 e. The summed E-state index contributed by atoms with van der Waals surface area (Å²) in [4.78, 5) is 15.8. The third kappa shape index (κ3) is 3.14. The van der Waals surface area contributed by atoms with E-state index in [1.807, 2.05) is 0 Å². The number of hydrogen-bond acceptors (Lipinski definition) is 4. The van der Waals surface area contributed by atoms with E-state index in [0.717, 1.165) is 0 Å². The lowest BCUT2D eigenvalue weighted by Gasteiger charge is -2.05. The van der Waals surface area contributed by atoms with Gasteiger partial charge in [0.25, 0.3) is 5.91 Å². The Labute approximate surface area is 116 Å². The summed E-state index contributed by atoms with van der Waals surface area (Å²) in [5.74, 6) is -4.33. The number of rotatable bonds is 4. The number of hydrogen-bond donors (Lipinski definition) is 2. The lowest BCUT2D eigenvalue weighted by atomic mass is 10.2. The van der Waals surface area contributed by atoms with Crippen molar-refractivity contribution in [3.8, 4) is 0 Å². The maximum atomic E-state index is 13.4. The number of carbonyl (C=O) groups is 1. The van der Waals surface area contributed by atoms with Gasteiger partial charge in [-0.15, -0.1) is 11.3 Å². The summed E-state index contributed by atoms with van der Waals surface area (Å²) in [6, 6.07) is 0.946. The Morgan fingerprint density at radius 1 is 1.25 bits per heavy atom. The second-order valence-corrected chi connectivity index (χ2v) is 4.81. The van der Waals surface area contributed by atoms with Gasteiger partial charge in [0, 0.05) is 23.9 Å². The monoisotopic (exact) mass is 301 g/mol. The zero-order valence-electron chi connectivity index (χ0n) is 10.1. The van der Waals surface area contributed by atoms with Crippen molar-refractivity contribution < 1.29 is 18.0 Å². The summed E-state index contributed by atoms with van der Waals surface area (Å²) < 4.78 is 39.1. The molecule has 20 heavy (non-hydrogen) atoms. The van der Waals surface area contributed by atoms with Crippen LogP contribution in [0.2, 0.25) is 0 Å². The SMILES string of the molecule is NCCc1nc(C(=O)Nc2cc(F)c(F)cc2F)cs1. The predicted molar refractivity (Wildman–Crippen MR) is 69.1 cm³/mol. The molecule has 0 aliphatic rings. The molecule has 3 N–H and O–H groups in total. The van der Waals surface area contributed by atoms with Gasteiger partial charge in [-0.1, -0.05) is 0 Å². The minimum absolute atomic E-state index is 0.0718. The van der Waals surface area contributed by atoms with Crippen molar-refractivity contribution in [1.82, 2.24) is 4.98 Å². The van der Waals surface area contributed by atoms with E-state index in [9.17, 15) is 18.0 Å². The van der Waals surface area contributed by atoms with E-state index in [0.29, 0.717) is 30.1 Å². The van der Waals surface area contributed by atoms with Crippen LogP contribution in [0.1, 0.15) is 15.5 Å². The molecule has 2 aromatic rings. The third-order valence-electron chi connectivity index (χ3n) is 2.40. The molecule has 0 unspecified atom stereocenters. The number of amides is 1. The Morgan fingerprint density at radius 2 is 1.95 bits per heavy atom. The van der Waals surface area contributed by atoms with Crippen molar-refractivity contribution >= 4 is 22.9 Å². The summed E-state index contributed by atoms with van der Waals surface area (Å²) in [5.41, 5.74) is 4.99. The Balaban J connectivity index is 2.16. The molecule has 1 amide bonds. The Morgan fingerprint density at radius 3 is 2.65 bits per heavy atom. The van der Waals surface area contributed by atoms with E-state index in [4.69, 9.17) is 5.73 Å². The quantitative estimate of drug-likeness (QED) is 0.852. The zero-order chi connectivity index (χ0) is 14.7. The van der Waals surface area contributed by atoms with Gasteiger partial charge in [0.05, 0.1) is 10.7 Å². The molecule has 0 fully saturated rings. The van der Waals surface area contributed by atoms with Gasteiger partial charge in [0.1, 0.15) is 11.5 Å². The van der Waals surface area contributed by atoms with Gasteiger partial charge in [0.2, 0.25) is 0 Å². The Hall–Kier alpha value is -1.93. The summed E-state index contributed by atoms with van der Waals surface area (Å²) >= 11 is 1.24. The number of halogens is 3. The third-order valence-corrected chi connectivity index (χ3v) is 3.31. The molecule has 0 bridgehead atoms. The van der Waals surface area contributed by atoms with Crippen LogP contribution in [0.3, 0.4) is 0 Å². The summed E-state index contributed by atoms with van der Waals surface area (Å²) in [6.45, 7) is 0.395. The molecule has 106 valence electrons. The zero-order valence-corrected chi connectivity index (χ0v) is 10.9. The summed E-state index contributed by atoms with van der Waals surface area (Å²) in [7, 11) is 0. The van der Waals surface area contributed by atoms with Gasteiger partial charge in [-0.25, -0.2) is 18.2 Å². The molecule has 0 aliphatic carbocycles. The van der Waals surface area contributed by atoms with Crippen molar-refractivity contribution in [2.75, 3.05) is 11.9 Å². The number of thiazole rings is 1. The van der Waals surface area contributed by atoms with E-state index in [2.05, 4.69) is 10.3 Å². The fraction of sp³-hybridized carbons (Fsp3) is 0.167. The molecule has 4 nitrogen and oxygen atoms in total. The molecule has 0 atom stereocenters. The standard InChI is InChI=1S/C12H10F3N3OS/c13-6-3-8(15)9(4-7(6)14)18-12(19)10-5-20-11(17-10)1-2-16/h3-5H,1-2,16H2,(H,18,19). The Kier molecular flexibility index (Phi) is 4.35. The number of nitrogens with zero attached hydrogens (tertiary/aromatic N) is 1. The van der Waals surface area contributed by atoms with Crippen molar-refractivity contribution in [2.24, 2.45) is 5.73 Å². The fourth-order valence-corrected chi connectivity index (χ4v) is 2.25. The second kappa shape index (κ2) is 6.02. The van der Waals surface area contributed by atoms with Crippen molar-refractivity contribution in [1.29, 1.82) is 0 Å². The molecule has 0 aliphatic heterocycles. The van der Waals surface area contributed by atoms with Crippen molar-refractivity contribution in [3.05, 3.63) is 45.7 Å². The van der Waals surface area contributed by atoms with E-state index < -0.39 is 29.0 Å². The van der Waals surface area contributed by atoms with Crippen molar-refractivity contribution in [3.63, 3.8) is 0 Å². The van der Waals surface area contributed by atoms with Crippen LogP contribution < -0.4 is 11.1 Å². The van der Waals surface area contributed by atoms with Gasteiger partial charge in [-0.3, -0.25) is 4.79 Å². The normalized spacial score (nSPS) is 10.6. The first kappa shape index (κ1) is 14.5. The van der Waals surface area contributed by atoms with Gasteiger partial charge < -0.3 is 11.1 Å². The van der Waals surface area contributed by atoms with Crippen LogP contribution in [0, 0.1) is 17.5 Å². The van der Waals surface area contributed by atoms with E-state index in [1.54, 1.807) is 0 Å². The molecule has 8 heteroatoms. The summed E-state index contributed by atoms with van der Waals surface area (Å²) in [5, 5.41) is 4.30. The number of aromatic nitrogens is 1. The van der Waals surface area contributed by atoms with Crippen LogP contribution in [-0.2, 0) is 6.42 Å². The number of nitrogens with one attached hydrogen (secondary N) is 1. The van der Waals surface area contributed by atoms with Crippen LogP contribution in [0.5, 0.6) is 0 Å².